The van der Waals surface area contributed by atoms with Gasteiger partial charge in [-0.15, -0.1) is 0 Å². The minimum absolute atomic E-state index is 0.0380. The summed E-state index contributed by atoms with van der Waals surface area (Å²) in [6, 6.07) is 16.9. The van der Waals surface area contributed by atoms with Gasteiger partial charge in [-0.2, -0.15) is 0 Å². The van der Waals surface area contributed by atoms with E-state index in [9.17, 15) is 0 Å². The van der Waals surface area contributed by atoms with Crippen LogP contribution in [0.15, 0.2) is 48.5 Å². The van der Waals surface area contributed by atoms with Crippen molar-refractivity contribution in [3.63, 3.8) is 0 Å². The van der Waals surface area contributed by atoms with Crippen molar-refractivity contribution in [1.82, 2.24) is 5.32 Å². The Bertz CT molecular complexity index is 781. The average Bonchev–Trinajstić information content (AvgIpc) is 2.64. The molecular formula is C22H26N2OS. The van der Waals surface area contributed by atoms with E-state index in [1.165, 1.54) is 30.4 Å². The van der Waals surface area contributed by atoms with Crippen molar-refractivity contribution in [1.29, 1.82) is 0 Å². The summed E-state index contributed by atoms with van der Waals surface area (Å²) in [6.45, 7) is 2.09. The molecular weight excluding hydrogens is 340 g/mol. The Morgan fingerprint density at radius 1 is 1.04 bits per heavy atom. The molecule has 2 aromatic rings. The Morgan fingerprint density at radius 3 is 2.54 bits per heavy atom. The van der Waals surface area contributed by atoms with Crippen molar-refractivity contribution in [2.75, 3.05) is 5.32 Å². The summed E-state index contributed by atoms with van der Waals surface area (Å²) in [5.74, 6) is 1.01. The van der Waals surface area contributed by atoms with Crippen molar-refractivity contribution < 1.29 is 4.74 Å². The molecule has 1 atom stereocenters. The second-order valence-electron chi connectivity index (χ2n) is 7.60. The summed E-state index contributed by atoms with van der Waals surface area (Å²) < 4.78 is 6.50. The highest BCUT2D eigenvalue weighted by molar-refractivity contribution is 7.80. The molecule has 1 aliphatic carbocycles. The van der Waals surface area contributed by atoms with Crippen molar-refractivity contribution >= 4 is 23.0 Å². The minimum Gasteiger partial charge on any atom is -0.487 e. The second-order valence-corrected chi connectivity index (χ2v) is 8.01. The van der Waals surface area contributed by atoms with Gasteiger partial charge in [0.1, 0.15) is 11.4 Å². The standard InChI is InChI=1S/C22H26N2OS/c1-16-9-11-17(12-10-16)23-21(26)24-19-15-22(13-5-2-6-14-22)25-20-8-4-3-7-18(19)20/h3-4,7-12,19H,2,5-6,13-15H2,1H3,(H2,23,24,26). The lowest BCUT2D eigenvalue weighted by Crippen LogP contribution is -2.47. The molecule has 0 bridgehead atoms. The molecule has 1 spiro atoms. The van der Waals surface area contributed by atoms with Gasteiger partial charge in [0.25, 0.3) is 0 Å². The van der Waals surface area contributed by atoms with Crippen LogP contribution in [0.1, 0.15) is 55.7 Å². The van der Waals surface area contributed by atoms with Crippen LogP contribution in [0.3, 0.4) is 0 Å². The zero-order valence-electron chi connectivity index (χ0n) is 15.3. The number of ether oxygens (including phenoxy) is 1. The maximum absolute atomic E-state index is 6.50. The lowest BCUT2D eigenvalue weighted by atomic mass is 9.77. The fraction of sp³-hybridized carbons (Fsp3) is 0.409. The number of aryl methyl sites for hydroxylation is 1. The molecule has 0 amide bonds. The van der Waals surface area contributed by atoms with Crippen molar-refractivity contribution in [2.45, 2.75) is 57.1 Å². The second kappa shape index (κ2) is 7.28. The quantitative estimate of drug-likeness (QED) is 0.687. The number of nitrogens with one attached hydrogen (secondary N) is 2. The highest BCUT2D eigenvalue weighted by Crippen LogP contribution is 2.46. The van der Waals surface area contributed by atoms with E-state index < -0.39 is 0 Å². The number of para-hydroxylation sites is 1. The molecule has 1 heterocycles. The number of rotatable bonds is 2. The van der Waals surface area contributed by atoms with Gasteiger partial charge >= 0.3 is 0 Å². The number of anilines is 1. The first-order chi connectivity index (χ1) is 12.6. The van der Waals surface area contributed by atoms with Crippen LogP contribution in [0.4, 0.5) is 5.69 Å². The molecule has 2 N–H and O–H groups in total. The van der Waals surface area contributed by atoms with Crippen LogP contribution in [0.5, 0.6) is 5.75 Å². The number of benzene rings is 2. The maximum atomic E-state index is 6.50. The van der Waals surface area contributed by atoms with E-state index in [0.29, 0.717) is 5.11 Å². The molecule has 1 aliphatic heterocycles. The third-order valence-electron chi connectivity index (χ3n) is 5.58. The van der Waals surface area contributed by atoms with Crippen LogP contribution in [-0.4, -0.2) is 10.7 Å². The topological polar surface area (TPSA) is 33.3 Å². The van der Waals surface area contributed by atoms with E-state index in [1.807, 2.05) is 0 Å². The molecule has 0 saturated heterocycles. The van der Waals surface area contributed by atoms with Gasteiger partial charge in [-0.1, -0.05) is 42.3 Å². The van der Waals surface area contributed by atoms with E-state index >= 15 is 0 Å². The van der Waals surface area contributed by atoms with E-state index in [4.69, 9.17) is 17.0 Å². The zero-order valence-corrected chi connectivity index (χ0v) is 16.1. The summed E-state index contributed by atoms with van der Waals surface area (Å²) in [4.78, 5) is 0. The first-order valence-electron chi connectivity index (χ1n) is 9.56. The SMILES string of the molecule is Cc1ccc(NC(=S)NC2CC3(CCCCC3)Oc3ccccc32)cc1. The number of fused-ring (bicyclic) bond motifs is 1. The first-order valence-corrected chi connectivity index (χ1v) is 9.97. The van der Waals surface area contributed by atoms with Crippen molar-refractivity contribution in [3.05, 3.63) is 59.7 Å². The van der Waals surface area contributed by atoms with Crippen LogP contribution >= 0.6 is 12.2 Å². The molecule has 0 radical (unpaired) electrons. The summed E-state index contributed by atoms with van der Waals surface area (Å²) in [5.41, 5.74) is 3.42. The third kappa shape index (κ3) is 3.70. The molecule has 1 fully saturated rings. The fourth-order valence-corrected chi connectivity index (χ4v) is 4.47. The monoisotopic (exact) mass is 366 g/mol. The highest BCUT2D eigenvalue weighted by atomic mass is 32.1. The molecule has 0 aromatic heterocycles. The van der Waals surface area contributed by atoms with Crippen LogP contribution in [0.2, 0.25) is 0 Å². The summed E-state index contributed by atoms with van der Waals surface area (Å²) in [6.07, 6.45) is 7.06. The van der Waals surface area contributed by atoms with Crippen LogP contribution in [-0.2, 0) is 0 Å². The smallest absolute Gasteiger partial charge is 0.171 e. The molecule has 2 aromatic carbocycles. The Labute approximate surface area is 161 Å². The molecule has 2 aliphatic rings. The highest BCUT2D eigenvalue weighted by Gasteiger charge is 2.41. The normalized spacial score (nSPS) is 20.7. The van der Waals surface area contributed by atoms with Gasteiger partial charge in [0.15, 0.2) is 5.11 Å². The van der Waals surface area contributed by atoms with E-state index in [0.717, 1.165) is 30.7 Å². The van der Waals surface area contributed by atoms with Gasteiger partial charge in [-0.05, 0) is 63.0 Å². The van der Waals surface area contributed by atoms with Gasteiger partial charge in [-0.25, -0.2) is 0 Å². The van der Waals surface area contributed by atoms with Gasteiger partial charge < -0.3 is 15.4 Å². The summed E-state index contributed by atoms with van der Waals surface area (Å²) in [7, 11) is 0. The van der Waals surface area contributed by atoms with Gasteiger partial charge in [-0.3, -0.25) is 0 Å². The predicted molar refractivity (Wildman–Crippen MR) is 111 cm³/mol. The van der Waals surface area contributed by atoms with Crippen LogP contribution in [0, 0.1) is 6.92 Å². The van der Waals surface area contributed by atoms with E-state index in [2.05, 4.69) is 66.1 Å². The Balaban J connectivity index is 1.52. The van der Waals surface area contributed by atoms with Crippen LogP contribution < -0.4 is 15.4 Å². The van der Waals surface area contributed by atoms with Crippen LogP contribution in [0.25, 0.3) is 0 Å². The lowest BCUT2D eigenvalue weighted by molar-refractivity contribution is -0.000309. The van der Waals surface area contributed by atoms with Gasteiger partial charge in [0, 0.05) is 17.7 Å². The molecule has 1 saturated carbocycles. The molecule has 136 valence electrons. The number of hydrogen-bond donors (Lipinski definition) is 2. The Hall–Kier alpha value is -2.07. The predicted octanol–water partition coefficient (Wildman–Crippen LogP) is 5.51. The lowest BCUT2D eigenvalue weighted by Gasteiger charge is -2.45. The number of hydrogen-bond acceptors (Lipinski definition) is 2. The number of thiocarbonyl (C=S) groups is 1. The Kier molecular flexibility index (Phi) is 4.86. The third-order valence-corrected chi connectivity index (χ3v) is 5.80. The molecule has 1 unspecified atom stereocenters. The largest absolute Gasteiger partial charge is 0.487 e. The van der Waals surface area contributed by atoms with Gasteiger partial charge in [0.2, 0.25) is 0 Å². The van der Waals surface area contributed by atoms with Gasteiger partial charge in [0.05, 0.1) is 6.04 Å². The van der Waals surface area contributed by atoms with E-state index in [1.54, 1.807) is 0 Å². The van der Waals surface area contributed by atoms with E-state index in [-0.39, 0.29) is 11.6 Å². The maximum Gasteiger partial charge on any atom is 0.171 e. The fourth-order valence-electron chi connectivity index (χ4n) is 4.21. The molecule has 4 rings (SSSR count). The average molecular weight is 367 g/mol. The molecule has 3 nitrogen and oxygen atoms in total. The first kappa shape index (κ1) is 17.3. The molecule has 26 heavy (non-hydrogen) atoms. The van der Waals surface area contributed by atoms with Crippen molar-refractivity contribution in [3.8, 4) is 5.75 Å². The zero-order chi connectivity index (χ0) is 18.0. The van der Waals surface area contributed by atoms with Crippen molar-refractivity contribution in [2.24, 2.45) is 0 Å². The summed E-state index contributed by atoms with van der Waals surface area (Å²) >= 11 is 5.61. The Morgan fingerprint density at radius 2 is 1.77 bits per heavy atom. The minimum atomic E-state index is -0.0380. The molecule has 4 heteroatoms. The summed E-state index contributed by atoms with van der Waals surface area (Å²) in [5, 5.41) is 7.54.